The summed E-state index contributed by atoms with van der Waals surface area (Å²) in [7, 11) is 2.00. The second-order valence-electron chi connectivity index (χ2n) is 3.62. The van der Waals surface area contributed by atoms with Gasteiger partial charge in [-0.3, -0.25) is 0 Å². The average molecular weight is 227 g/mol. The van der Waals surface area contributed by atoms with Gasteiger partial charge in [-0.1, -0.05) is 6.92 Å². The van der Waals surface area contributed by atoms with E-state index in [1.807, 2.05) is 18.4 Å². The number of likely N-dealkylation sites (N-methyl/N-ethyl adjacent to an activating group) is 1. The fraction of sp³-hybridized carbons (Fsp3) is 0.667. The molecule has 1 aromatic heterocycles. The lowest BCUT2D eigenvalue weighted by Gasteiger charge is -2.24. The highest BCUT2D eigenvalue weighted by atomic mass is 32.1. The van der Waals surface area contributed by atoms with Crippen molar-refractivity contribution in [2.75, 3.05) is 13.7 Å². The van der Waals surface area contributed by atoms with E-state index < -0.39 is 0 Å². The molecule has 2 unspecified atom stereocenters. The maximum atomic E-state index is 5.75. The van der Waals surface area contributed by atoms with Crippen LogP contribution in [0.2, 0.25) is 0 Å². The van der Waals surface area contributed by atoms with Gasteiger partial charge in [0.05, 0.1) is 12.1 Å². The van der Waals surface area contributed by atoms with Crippen molar-refractivity contribution < 1.29 is 4.74 Å². The van der Waals surface area contributed by atoms with E-state index >= 15 is 0 Å². The molecule has 86 valence electrons. The summed E-state index contributed by atoms with van der Waals surface area (Å²) in [5, 5.41) is 3.35. The minimum atomic E-state index is 0.276. The SMILES string of the molecule is CCOC(CC)C(NC)c1ccc(C)s1. The van der Waals surface area contributed by atoms with Gasteiger partial charge in [-0.05, 0) is 39.4 Å². The Morgan fingerprint density at radius 3 is 2.53 bits per heavy atom. The Labute approximate surface area is 96.7 Å². The number of ether oxygens (including phenoxy) is 1. The van der Waals surface area contributed by atoms with Gasteiger partial charge in [0.25, 0.3) is 0 Å². The summed E-state index contributed by atoms with van der Waals surface area (Å²) in [5.41, 5.74) is 0. The average Bonchev–Trinajstić information content (AvgIpc) is 2.64. The lowest BCUT2D eigenvalue weighted by Crippen LogP contribution is -2.30. The van der Waals surface area contributed by atoms with Crippen molar-refractivity contribution in [1.82, 2.24) is 5.32 Å². The van der Waals surface area contributed by atoms with Crippen LogP contribution in [0.5, 0.6) is 0 Å². The predicted molar refractivity (Wildman–Crippen MR) is 66.6 cm³/mol. The van der Waals surface area contributed by atoms with Crippen LogP contribution in [0.15, 0.2) is 12.1 Å². The van der Waals surface area contributed by atoms with Crippen LogP contribution in [0.1, 0.15) is 36.1 Å². The predicted octanol–water partition coefficient (Wildman–Crippen LogP) is 3.13. The summed E-state index contributed by atoms with van der Waals surface area (Å²) in [5.74, 6) is 0. The van der Waals surface area contributed by atoms with Crippen molar-refractivity contribution in [2.45, 2.75) is 39.3 Å². The molecule has 0 aliphatic rings. The topological polar surface area (TPSA) is 21.3 Å². The number of hydrogen-bond donors (Lipinski definition) is 1. The lowest BCUT2D eigenvalue weighted by atomic mass is 10.1. The van der Waals surface area contributed by atoms with Crippen molar-refractivity contribution >= 4 is 11.3 Å². The molecule has 0 aliphatic heterocycles. The molecule has 0 aromatic carbocycles. The molecule has 0 radical (unpaired) electrons. The second-order valence-corrected chi connectivity index (χ2v) is 4.94. The summed E-state index contributed by atoms with van der Waals surface area (Å²) in [4.78, 5) is 2.73. The van der Waals surface area contributed by atoms with Crippen molar-refractivity contribution in [3.8, 4) is 0 Å². The van der Waals surface area contributed by atoms with Gasteiger partial charge in [0.2, 0.25) is 0 Å². The Morgan fingerprint density at radius 1 is 1.40 bits per heavy atom. The van der Waals surface area contributed by atoms with Gasteiger partial charge in [-0.15, -0.1) is 11.3 Å². The summed E-state index contributed by atoms with van der Waals surface area (Å²) in [6.45, 7) is 7.14. The Bertz CT molecular complexity index is 285. The molecule has 0 saturated heterocycles. The zero-order chi connectivity index (χ0) is 11.3. The largest absolute Gasteiger partial charge is 0.377 e. The number of nitrogens with one attached hydrogen (secondary N) is 1. The van der Waals surface area contributed by atoms with Gasteiger partial charge in [-0.25, -0.2) is 0 Å². The van der Waals surface area contributed by atoms with E-state index in [1.54, 1.807) is 0 Å². The van der Waals surface area contributed by atoms with Gasteiger partial charge in [-0.2, -0.15) is 0 Å². The molecule has 0 fully saturated rings. The molecule has 0 aliphatic carbocycles. The number of hydrogen-bond acceptors (Lipinski definition) is 3. The zero-order valence-corrected chi connectivity index (χ0v) is 10.9. The van der Waals surface area contributed by atoms with E-state index in [0.717, 1.165) is 13.0 Å². The standard InChI is InChI=1S/C12H21NOS/c1-5-10(14-6-2)12(13-4)11-8-7-9(3)15-11/h7-8,10,12-13H,5-6H2,1-4H3. The van der Waals surface area contributed by atoms with Crippen LogP contribution in [0, 0.1) is 6.92 Å². The van der Waals surface area contributed by atoms with Crippen LogP contribution >= 0.6 is 11.3 Å². The van der Waals surface area contributed by atoms with Crippen LogP contribution in [0.25, 0.3) is 0 Å². The summed E-state index contributed by atoms with van der Waals surface area (Å²) in [6.07, 6.45) is 1.31. The monoisotopic (exact) mass is 227 g/mol. The molecule has 1 heterocycles. The normalized spacial score (nSPS) is 15.2. The molecule has 1 aromatic rings. The Balaban J connectivity index is 2.76. The number of rotatable bonds is 6. The van der Waals surface area contributed by atoms with Gasteiger partial charge >= 0.3 is 0 Å². The highest BCUT2D eigenvalue weighted by Crippen LogP contribution is 2.27. The van der Waals surface area contributed by atoms with Crippen LogP contribution in [-0.4, -0.2) is 19.8 Å². The molecule has 3 heteroatoms. The quantitative estimate of drug-likeness (QED) is 0.806. The van der Waals surface area contributed by atoms with Crippen molar-refractivity contribution in [2.24, 2.45) is 0 Å². The van der Waals surface area contributed by atoms with Crippen LogP contribution in [-0.2, 0) is 4.74 Å². The molecule has 0 bridgehead atoms. The third-order valence-electron chi connectivity index (χ3n) is 2.53. The van der Waals surface area contributed by atoms with Crippen molar-refractivity contribution in [1.29, 1.82) is 0 Å². The van der Waals surface area contributed by atoms with Crippen LogP contribution in [0.4, 0.5) is 0 Å². The van der Waals surface area contributed by atoms with Gasteiger partial charge in [0.1, 0.15) is 0 Å². The third-order valence-corrected chi connectivity index (χ3v) is 3.62. The molecule has 1 N–H and O–H groups in total. The van der Waals surface area contributed by atoms with Crippen LogP contribution < -0.4 is 5.32 Å². The first-order valence-corrected chi connectivity index (χ1v) is 6.39. The van der Waals surface area contributed by atoms with E-state index in [9.17, 15) is 0 Å². The van der Waals surface area contributed by atoms with Crippen LogP contribution in [0.3, 0.4) is 0 Å². The van der Waals surface area contributed by atoms with Crippen molar-refractivity contribution in [3.63, 3.8) is 0 Å². The van der Waals surface area contributed by atoms with Gasteiger partial charge < -0.3 is 10.1 Å². The first-order valence-electron chi connectivity index (χ1n) is 5.58. The zero-order valence-electron chi connectivity index (χ0n) is 10.0. The summed E-state index contributed by atoms with van der Waals surface area (Å²) < 4.78 is 5.75. The molecule has 15 heavy (non-hydrogen) atoms. The maximum Gasteiger partial charge on any atom is 0.0774 e. The molecule has 0 saturated carbocycles. The Hall–Kier alpha value is -0.380. The number of thiophene rings is 1. The summed E-state index contributed by atoms with van der Waals surface area (Å²) >= 11 is 1.85. The lowest BCUT2D eigenvalue weighted by molar-refractivity contribution is 0.0343. The first kappa shape index (κ1) is 12.7. The highest BCUT2D eigenvalue weighted by molar-refractivity contribution is 7.12. The molecule has 1 rings (SSSR count). The van der Waals surface area contributed by atoms with E-state index in [2.05, 4.69) is 38.2 Å². The minimum absolute atomic E-state index is 0.276. The highest BCUT2D eigenvalue weighted by Gasteiger charge is 2.21. The third kappa shape index (κ3) is 3.30. The van der Waals surface area contributed by atoms with E-state index in [1.165, 1.54) is 9.75 Å². The first-order chi connectivity index (χ1) is 7.22. The molecule has 2 atom stereocenters. The van der Waals surface area contributed by atoms with Gasteiger partial charge in [0, 0.05) is 16.4 Å². The Morgan fingerprint density at radius 2 is 2.13 bits per heavy atom. The van der Waals surface area contributed by atoms with E-state index in [-0.39, 0.29) is 6.10 Å². The fourth-order valence-electron chi connectivity index (χ4n) is 1.80. The molecular weight excluding hydrogens is 206 g/mol. The van der Waals surface area contributed by atoms with Crippen molar-refractivity contribution in [3.05, 3.63) is 21.9 Å². The smallest absolute Gasteiger partial charge is 0.0774 e. The number of aryl methyl sites for hydroxylation is 1. The fourth-order valence-corrected chi connectivity index (χ4v) is 2.84. The van der Waals surface area contributed by atoms with Gasteiger partial charge in [0.15, 0.2) is 0 Å². The minimum Gasteiger partial charge on any atom is -0.377 e. The summed E-state index contributed by atoms with van der Waals surface area (Å²) in [6, 6.07) is 4.69. The maximum absolute atomic E-state index is 5.75. The Kier molecular flexibility index (Phi) is 5.29. The molecule has 0 spiro atoms. The molecular formula is C12H21NOS. The molecule has 0 amide bonds. The molecule has 2 nitrogen and oxygen atoms in total. The second kappa shape index (κ2) is 6.26. The van der Waals surface area contributed by atoms with E-state index in [0.29, 0.717) is 6.04 Å². The van der Waals surface area contributed by atoms with E-state index in [4.69, 9.17) is 4.74 Å².